The normalized spacial score (nSPS) is 24.1. The number of nitrogens with one attached hydrogen (secondary N) is 1. The third kappa shape index (κ3) is 3.59. The van der Waals surface area contributed by atoms with Gasteiger partial charge in [-0.2, -0.15) is 11.8 Å². The molecule has 0 radical (unpaired) electrons. The summed E-state index contributed by atoms with van der Waals surface area (Å²) in [6.07, 6.45) is 4.11. The van der Waals surface area contributed by atoms with Gasteiger partial charge in [0.05, 0.1) is 0 Å². The maximum atomic E-state index is 3.91. The van der Waals surface area contributed by atoms with Gasteiger partial charge in [-0.15, -0.1) is 0 Å². The van der Waals surface area contributed by atoms with E-state index in [1.54, 1.807) is 0 Å². The molecule has 1 aromatic rings. The Morgan fingerprint density at radius 2 is 1.85 bits per heavy atom. The van der Waals surface area contributed by atoms with Gasteiger partial charge in [0.25, 0.3) is 0 Å². The van der Waals surface area contributed by atoms with Gasteiger partial charge in [-0.25, -0.2) is 0 Å². The fraction of sp³-hybridized carbons (Fsp3) is 0.667. The quantitative estimate of drug-likeness (QED) is 0.825. The van der Waals surface area contributed by atoms with Crippen LogP contribution in [0.4, 0.5) is 0 Å². The summed E-state index contributed by atoms with van der Waals surface area (Å²) in [6, 6.07) is 5.77. The van der Waals surface area contributed by atoms with Crippen LogP contribution in [-0.2, 0) is 0 Å². The van der Waals surface area contributed by atoms with Gasteiger partial charge in [-0.3, -0.25) is 0 Å². The molecule has 0 aromatic heterocycles. The Bertz CT molecular complexity index is 432. The van der Waals surface area contributed by atoms with Crippen LogP contribution < -0.4 is 5.32 Å². The van der Waals surface area contributed by atoms with E-state index in [2.05, 4.69) is 63.8 Å². The molecule has 112 valence electrons. The van der Waals surface area contributed by atoms with Crippen molar-refractivity contribution in [2.75, 3.05) is 5.75 Å². The summed E-state index contributed by atoms with van der Waals surface area (Å²) >= 11 is 2.13. The summed E-state index contributed by atoms with van der Waals surface area (Å²) in [5.74, 6) is 1.24. The maximum absolute atomic E-state index is 3.91. The van der Waals surface area contributed by atoms with Crippen LogP contribution in [0.15, 0.2) is 12.1 Å². The molecule has 1 nitrogen and oxygen atoms in total. The van der Waals surface area contributed by atoms with E-state index in [1.165, 1.54) is 47.3 Å². The van der Waals surface area contributed by atoms with Crippen molar-refractivity contribution in [3.63, 3.8) is 0 Å². The number of hydrogen-bond acceptors (Lipinski definition) is 2. The monoisotopic (exact) mass is 291 g/mol. The fourth-order valence-electron chi connectivity index (χ4n) is 3.81. The predicted octanol–water partition coefficient (Wildman–Crippen LogP) is 4.94. The van der Waals surface area contributed by atoms with Gasteiger partial charge in [-0.1, -0.05) is 31.0 Å². The SMILES string of the molecule is CCSC1CCCC1NC(C)c1c(C)cc(C)cc1C. The lowest BCUT2D eigenvalue weighted by atomic mass is 9.94. The van der Waals surface area contributed by atoms with E-state index in [0.717, 1.165) is 5.25 Å². The molecule has 1 fully saturated rings. The van der Waals surface area contributed by atoms with Crippen LogP contribution in [0.3, 0.4) is 0 Å². The molecule has 3 atom stereocenters. The molecule has 1 aliphatic carbocycles. The molecule has 0 bridgehead atoms. The summed E-state index contributed by atoms with van der Waals surface area (Å²) < 4.78 is 0. The molecular formula is C18H29NS. The van der Waals surface area contributed by atoms with Crippen LogP contribution >= 0.6 is 11.8 Å². The molecule has 0 amide bonds. The Morgan fingerprint density at radius 3 is 2.45 bits per heavy atom. The van der Waals surface area contributed by atoms with Gasteiger partial charge >= 0.3 is 0 Å². The molecule has 1 saturated carbocycles. The second-order valence-corrected chi connectivity index (χ2v) is 7.75. The number of thioether (sulfide) groups is 1. The zero-order valence-electron chi connectivity index (χ0n) is 13.6. The molecule has 0 heterocycles. The second-order valence-electron chi connectivity index (χ2n) is 6.23. The fourth-order valence-corrected chi connectivity index (χ4v) is 5.02. The van der Waals surface area contributed by atoms with Gasteiger partial charge < -0.3 is 5.32 Å². The van der Waals surface area contributed by atoms with Crippen LogP contribution in [0.1, 0.15) is 61.4 Å². The van der Waals surface area contributed by atoms with Crippen LogP contribution in [0, 0.1) is 20.8 Å². The van der Waals surface area contributed by atoms with E-state index in [-0.39, 0.29) is 0 Å². The van der Waals surface area contributed by atoms with Gasteiger partial charge in [0, 0.05) is 17.3 Å². The molecule has 20 heavy (non-hydrogen) atoms. The summed E-state index contributed by atoms with van der Waals surface area (Å²) in [4.78, 5) is 0. The first kappa shape index (κ1) is 15.9. The van der Waals surface area contributed by atoms with Gasteiger partial charge in [-0.05, 0) is 63.0 Å². The summed E-state index contributed by atoms with van der Waals surface area (Å²) in [5, 5.41) is 4.72. The first-order valence-electron chi connectivity index (χ1n) is 7.98. The Kier molecular flexibility index (Phi) is 5.57. The number of hydrogen-bond donors (Lipinski definition) is 1. The van der Waals surface area contributed by atoms with Crippen molar-refractivity contribution in [1.82, 2.24) is 5.32 Å². The van der Waals surface area contributed by atoms with Crippen molar-refractivity contribution in [2.24, 2.45) is 0 Å². The predicted molar refractivity (Wildman–Crippen MR) is 91.8 cm³/mol. The largest absolute Gasteiger partial charge is 0.306 e. The van der Waals surface area contributed by atoms with Crippen molar-refractivity contribution in [3.05, 3.63) is 34.4 Å². The van der Waals surface area contributed by atoms with Crippen LogP contribution in [0.5, 0.6) is 0 Å². The molecular weight excluding hydrogens is 262 g/mol. The Morgan fingerprint density at radius 1 is 1.20 bits per heavy atom. The van der Waals surface area contributed by atoms with Gasteiger partial charge in [0.15, 0.2) is 0 Å². The maximum Gasteiger partial charge on any atom is 0.0300 e. The molecule has 0 spiro atoms. The van der Waals surface area contributed by atoms with E-state index >= 15 is 0 Å². The minimum atomic E-state index is 0.457. The topological polar surface area (TPSA) is 12.0 Å². The molecule has 0 saturated heterocycles. The lowest BCUT2D eigenvalue weighted by Crippen LogP contribution is -2.36. The smallest absolute Gasteiger partial charge is 0.0300 e. The van der Waals surface area contributed by atoms with Crippen LogP contribution in [0.25, 0.3) is 0 Å². The molecule has 1 aromatic carbocycles. The van der Waals surface area contributed by atoms with Crippen molar-refractivity contribution >= 4 is 11.8 Å². The van der Waals surface area contributed by atoms with E-state index in [0.29, 0.717) is 12.1 Å². The first-order chi connectivity index (χ1) is 9.52. The minimum Gasteiger partial charge on any atom is -0.306 e. The van der Waals surface area contributed by atoms with E-state index in [4.69, 9.17) is 0 Å². The Hall–Kier alpha value is -0.470. The van der Waals surface area contributed by atoms with E-state index in [1.807, 2.05) is 0 Å². The molecule has 1 aliphatic rings. The Balaban J connectivity index is 2.10. The highest BCUT2D eigenvalue weighted by Crippen LogP contribution is 2.32. The van der Waals surface area contributed by atoms with Gasteiger partial charge in [0.2, 0.25) is 0 Å². The molecule has 2 rings (SSSR count). The van der Waals surface area contributed by atoms with Crippen LogP contribution in [-0.4, -0.2) is 17.0 Å². The van der Waals surface area contributed by atoms with Gasteiger partial charge in [0.1, 0.15) is 0 Å². The van der Waals surface area contributed by atoms with Crippen molar-refractivity contribution in [3.8, 4) is 0 Å². The van der Waals surface area contributed by atoms with E-state index < -0.39 is 0 Å². The minimum absolute atomic E-state index is 0.457. The van der Waals surface area contributed by atoms with Crippen LogP contribution in [0.2, 0.25) is 0 Å². The molecule has 1 N–H and O–H groups in total. The van der Waals surface area contributed by atoms with E-state index in [9.17, 15) is 0 Å². The molecule has 2 heteroatoms. The average Bonchev–Trinajstić information content (AvgIpc) is 2.75. The van der Waals surface area contributed by atoms with Crippen molar-refractivity contribution in [1.29, 1.82) is 0 Å². The zero-order valence-corrected chi connectivity index (χ0v) is 14.4. The lowest BCUT2D eigenvalue weighted by Gasteiger charge is -2.27. The number of aryl methyl sites for hydroxylation is 3. The van der Waals surface area contributed by atoms with Crippen molar-refractivity contribution < 1.29 is 0 Å². The van der Waals surface area contributed by atoms with Crippen molar-refractivity contribution in [2.45, 2.75) is 71.2 Å². The summed E-state index contributed by atoms with van der Waals surface area (Å²) in [6.45, 7) is 11.3. The lowest BCUT2D eigenvalue weighted by molar-refractivity contribution is 0.465. The number of benzene rings is 1. The average molecular weight is 292 g/mol. The highest BCUT2D eigenvalue weighted by atomic mass is 32.2. The summed E-state index contributed by atoms with van der Waals surface area (Å²) in [7, 11) is 0. The molecule has 3 unspecified atom stereocenters. The third-order valence-electron chi connectivity index (χ3n) is 4.47. The zero-order chi connectivity index (χ0) is 14.7. The number of rotatable bonds is 5. The highest BCUT2D eigenvalue weighted by Gasteiger charge is 2.28. The highest BCUT2D eigenvalue weighted by molar-refractivity contribution is 7.99. The standard InChI is InChI=1S/C18H29NS/c1-6-20-17-9-7-8-16(17)19-15(5)18-13(3)10-12(2)11-14(18)4/h10-11,15-17,19H,6-9H2,1-5H3. The molecule has 0 aliphatic heterocycles. The second kappa shape index (κ2) is 7.00. The first-order valence-corrected chi connectivity index (χ1v) is 9.03. The summed E-state index contributed by atoms with van der Waals surface area (Å²) in [5.41, 5.74) is 5.74. The Labute approximate surface area is 128 Å². The third-order valence-corrected chi connectivity index (χ3v) is 5.79.